The first-order valence-electron chi connectivity index (χ1n) is 12.1. The number of piperidine rings is 1. The van der Waals surface area contributed by atoms with Gasteiger partial charge < -0.3 is 16.0 Å². The number of carbonyl (C=O) groups excluding carboxylic acids is 3. The summed E-state index contributed by atoms with van der Waals surface area (Å²) in [6, 6.07) is 9.91. The summed E-state index contributed by atoms with van der Waals surface area (Å²) in [5.41, 5.74) is 4.25. The lowest BCUT2D eigenvalue weighted by molar-refractivity contribution is -0.123. The van der Waals surface area contributed by atoms with E-state index >= 15 is 0 Å². The number of fused-ring (bicyclic) bond motifs is 3. The Bertz CT molecular complexity index is 1360. The van der Waals surface area contributed by atoms with Gasteiger partial charge in [-0.05, 0) is 54.2 Å². The Kier molecular flexibility index (Phi) is 4.33. The summed E-state index contributed by atoms with van der Waals surface area (Å²) in [4.78, 5) is 44.5. The summed E-state index contributed by atoms with van der Waals surface area (Å²) in [6.45, 7) is 0.999. The second kappa shape index (κ2) is 7.36. The van der Waals surface area contributed by atoms with Gasteiger partial charge in [0, 0.05) is 48.1 Å². The number of pyridine rings is 1. The summed E-state index contributed by atoms with van der Waals surface area (Å²) < 4.78 is 0. The van der Waals surface area contributed by atoms with E-state index in [0.29, 0.717) is 25.1 Å². The van der Waals surface area contributed by atoms with Gasteiger partial charge in [-0.2, -0.15) is 0 Å². The number of amides is 3. The monoisotopic (exact) mass is 467 g/mol. The van der Waals surface area contributed by atoms with Gasteiger partial charge in [0.2, 0.25) is 17.7 Å². The smallest absolute Gasteiger partial charge is 0.238 e. The van der Waals surface area contributed by atoms with Crippen LogP contribution in [0.15, 0.2) is 60.5 Å². The summed E-state index contributed by atoms with van der Waals surface area (Å²) in [5.74, 6) is 1.11. The maximum atomic E-state index is 13.0. The molecule has 7 rings (SSSR count). The molecule has 4 heterocycles. The Morgan fingerprint density at radius 3 is 2.97 bits per heavy atom. The molecule has 2 fully saturated rings. The molecule has 8 nitrogen and oxygen atoms in total. The van der Waals surface area contributed by atoms with Gasteiger partial charge in [0.15, 0.2) is 0 Å². The van der Waals surface area contributed by atoms with Gasteiger partial charge in [-0.1, -0.05) is 24.3 Å². The molecule has 0 radical (unpaired) electrons. The van der Waals surface area contributed by atoms with E-state index in [4.69, 9.17) is 0 Å². The quantitative estimate of drug-likeness (QED) is 0.640. The van der Waals surface area contributed by atoms with E-state index < -0.39 is 5.41 Å². The molecule has 0 saturated carbocycles. The molecule has 2 aliphatic carbocycles. The third kappa shape index (κ3) is 3.09. The van der Waals surface area contributed by atoms with Gasteiger partial charge in [0.1, 0.15) is 5.82 Å². The van der Waals surface area contributed by atoms with Crippen molar-refractivity contribution < 1.29 is 14.4 Å². The second-order valence-corrected chi connectivity index (χ2v) is 10.3. The van der Waals surface area contributed by atoms with Crippen molar-refractivity contribution in [3.63, 3.8) is 0 Å². The number of aromatic nitrogens is 1. The van der Waals surface area contributed by atoms with Crippen LogP contribution in [-0.4, -0.2) is 46.7 Å². The highest BCUT2D eigenvalue weighted by atomic mass is 16.2. The van der Waals surface area contributed by atoms with Crippen molar-refractivity contribution in [3.8, 4) is 0 Å². The Labute approximate surface area is 202 Å². The summed E-state index contributed by atoms with van der Waals surface area (Å²) in [7, 11) is 0. The van der Waals surface area contributed by atoms with Crippen molar-refractivity contribution in [1.82, 2.24) is 15.2 Å². The minimum Gasteiger partial charge on any atom is -0.329 e. The summed E-state index contributed by atoms with van der Waals surface area (Å²) >= 11 is 0. The van der Waals surface area contributed by atoms with Gasteiger partial charge in [-0.25, -0.2) is 4.98 Å². The average Bonchev–Trinajstić information content (AvgIpc) is 3.47. The number of anilines is 2. The van der Waals surface area contributed by atoms with Gasteiger partial charge in [0.05, 0.1) is 12.0 Å². The molecule has 0 bridgehead atoms. The molecule has 3 N–H and O–H groups in total. The molecule has 2 saturated heterocycles. The summed E-state index contributed by atoms with van der Waals surface area (Å²) in [5, 5.41) is 8.99. The van der Waals surface area contributed by atoms with Crippen LogP contribution in [0.2, 0.25) is 0 Å². The van der Waals surface area contributed by atoms with Crippen LogP contribution < -0.4 is 16.0 Å². The average molecular weight is 468 g/mol. The lowest BCUT2D eigenvalue weighted by Crippen LogP contribution is -2.43. The molecule has 4 atom stereocenters. The molecule has 35 heavy (non-hydrogen) atoms. The zero-order valence-corrected chi connectivity index (χ0v) is 19.1. The second-order valence-electron chi connectivity index (χ2n) is 10.3. The van der Waals surface area contributed by atoms with E-state index in [1.807, 2.05) is 42.5 Å². The van der Waals surface area contributed by atoms with E-state index in [1.54, 1.807) is 6.20 Å². The molecule has 8 heteroatoms. The van der Waals surface area contributed by atoms with Crippen LogP contribution in [0.1, 0.15) is 23.1 Å². The van der Waals surface area contributed by atoms with Gasteiger partial charge in [-0.3, -0.25) is 19.3 Å². The minimum atomic E-state index is -0.621. The molecule has 3 aliphatic heterocycles. The van der Waals surface area contributed by atoms with Crippen LogP contribution in [-0.2, 0) is 32.6 Å². The molecule has 5 aliphatic rings. The fraction of sp³-hybridized carbons (Fsp3) is 0.333. The van der Waals surface area contributed by atoms with E-state index in [2.05, 4.69) is 31.9 Å². The highest BCUT2D eigenvalue weighted by Gasteiger charge is 2.51. The third-order valence-corrected chi connectivity index (χ3v) is 8.25. The van der Waals surface area contributed by atoms with Gasteiger partial charge in [0.25, 0.3) is 0 Å². The normalized spacial score (nSPS) is 29.8. The number of nitrogens with zero attached hydrogens (tertiary/aromatic N) is 2. The highest BCUT2D eigenvalue weighted by molar-refractivity contribution is 6.06. The number of likely N-dealkylation sites (tertiary alicyclic amines) is 1. The van der Waals surface area contributed by atoms with Crippen LogP contribution in [0.3, 0.4) is 0 Å². The van der Waals surface area contributed by atoms with Gasteiger partial charge in [-0.15, -0.1) is 0 Å². The largest absolute Gasteiger partial charge is 0.329 e. The fourth-order valence-corrected chi connectivity index (χ4v) is 6.77. The van der Waals surface area contributed by atoms with Crippen molar-refractivity contribution in [2.75, 3.05) is 23.7 Å². The lowest BCUT2D eigenvalue weighted by atomic mass is 9.79. The first kappa shape index (κ1) is 20.6. The molecule has 4 unspecified atom stereocenters. The topological polar surface area (TPSA) is 103 Å². The Hall–Kier alpha value is -3.78. The summed E-state index contributed by atoms with van der Waals surface area (Å²) in [6.07, 6.45) is 9.50. The predicted molar refractivity (Wildman–Crippen MR) is 129 cm³/mol. The van der Waals surface area contributed by atoms with E-state index in [1.165, 1.54) is 0 Å². The van der Waals surface area contributed by atoms with E-state index in [0.717, 1.165) is 34.6 Å². The van der Waals surface area contributed by atoms with Crippen LogP contribution in [0, 0.1) is 11.8 Å². The molecule has 1 aromatic carbocycles. The molecule has 3 amide bonds. The van der Waals surface area contributed by atoms with Crippen molar-refractivity contribution in [1.29, 1.82) is 0 Å². The zero-order valence-electron chi connectivity index (χ0n) is 19.1. The third-order valence-electron chi connectivity index (χ3n) is 8.25. The number of rotatable bonds is 3. The maximum Gasteiger partial charge on any atom is 0.238 e. The first-order valence-corrected chi connectivity index (χ1v) is 12.1. The molecule has 1 spiro atoms. The van der Waals surface area contributed by atoms with Crippen LogP contribution in [0.4, 0.5) is 11.5 Å². The fourth-order valence-electron chi connectivity index (χ4n) is 6.77. The molecular formula is C27H25N5O3. The van der Waals surface area contributed by atoms with Crippen molar-refractivity contribution in [3.05, 3.63) is 77.1 Å². The predicted octanol–water partition coefficient (Wildman–Crippen LogP) is 1.90. The number of carbonyl (C=O) groups is 3. The van der Waals surface area contributed by atoms with Gasteiger partial charge >= 0.3 is 0 Å². The lowest BCUT2D eigenvalue weighted by Gasteiger charge is -2.33. The molecule has 2 aromatic rings. The van der Waals surface area contributed by atoms with Crippen LogP contribution in [0.25, 0.3) is 0 Å². The van der Waals surface area contributed by atoms with Crippen LogP contribution >= 0.6 is 0 Å². The number of hydrogen-bond acceptors (Lipinski definition) is 5. The number of nitrogens with one attached hydrogen (secondary N) is 3. The van der Waals surface area contributed by atoms with Crippen LogP contribution in [0.5, 0.6) is 0 Å². The molecular weight excluding hydrogens is 442 g/mol. The Morgan fingerprint density at radius 2 is 2.06 bits per heavy atom. The zero-order chi connectivity index (χ0) is 23.7. The number of benzene rings is 1. The highest BCUT2D eigenvalue weighted by Crippen LogP contribution is 2.47. The van der Waals surface area contributed by atoms with E-state index in [-0.39, 0.29) is 42.1 Å². The SMILES string of the molecule is O=C1CC2CN(CC(=O)Nc3ccc4c(c3)CC3(C4)C(=O)Nc4ncccc43)C3C=CC=C(N1)C23. The number of hydrogen-bond donors (Lipinski definition) is 3. The van der Waals surface area contributed by atoms with Crippen molar-refractivity contribution >= 4 is 29.2 Å². The standard InChI is InChI=1S/C27H25N5O3/c33-22-10-17-13-32(21-5-1-4-20(30-22)24(17)21)14-23(34)29-18-7-6-15-11-27(12-16(15)9-18)19-3-2-8-28-25(19)31-26(27)35/h1-9,17,21,24H,10-14H2,(H,29,34)(H,30,33)(H,28,31,35). The Morgan fingerprint density at radius 1 is 1.17 bits per heavy atom. The van der Waals surface area contributed by atoms with Crippen molar-refractivity contribution in [2.24, 2.45) is 11.8 Å². The van der Waals surface area contributed by atoms with E-state index in [9.17, 15) is 14.4 Å². The number of allylic oxidation sites excluding steroid dienone is 2. The maximum absolute atomic E-state index is 13.0. The first-order chi connectivity index (χ1) is 17.0. The molecule has 176 valence electrons. The minimum absolute atomic E-state index is 0.00888. The van der Waals surface area contributed by atoms with Crippen molar-refractivity contribution in [2.45, 2.75) is 30.7 Å². The Balaban J connectivity index is 1.07. The molecule has 1 aromatic heterocycles.